The maximum Gasteiger partial charge on any atom is 0.274 e. The van der Waals surface area contributed by atoms with Crippen molar-refractivity contribution in [2.24, 2.45) is 0 Å². The lowest BCUT2D eigenvalue weighted by Gasteiger charge is -2.15. The first kappa shape index (κ1) is 21.3. The number of halogens is 1. The Morgan fingerprint density at radius 2 is 1.87 bits per heavy atom. The summed E-state index contributed by atoms with van der Waals surface area (Å²) in [5.41, 5.74) is 1.36. The monoisotopic (exact) mass is 443 g/mol. The van der Waals surface area contributed by atoms with Crippen molar-refractivity contribution in [2.75, 3.05) is 30.2 Å². The van der Waals surface area contributed by atoms with Crippen LogP contribution in [0.3, 0.4) is 0 Å². The van der Waals surface area contributed by atoms with E-state index in [1.54, 1.807) is 55.8 Å². The molecule has 3 aromatic rings. The van der Waals surface area contributed by atoms with Crippen molar-refractivity contribution in [1.29, 1.82) is 0 Å². The Morgan fingerprint density at radius 3 is 2.50 bits per heavy atom. The number of pyridine rings is 2. The van der Waals surface area contributed by atoms with Crippen molar-refractivity contribution in [3.63, 3.8) is 0 Å². The zero-order valence-corrected chi connectivity index (χ0v) is 17.7. The summed E-state index contributed by atoms with van der Waals surface area (Å²) in [7, 11) is 3.06. The van der Waals surface area contributed by atoms with Gasteiger partial charge in [-0.3, -0.25) is 9.78 Å². The van der Waals surface area contributed by atoms with Gasteiger partial charge in [-0.2, -0.15) is 0 Å². The lowest BCUT2D eigenvalue weighted by atomic mass is 10.2. The number of carbonyl (C=O) groups is 1. The molecule has 0 aliphatic heterocycles. The molecule has 0 aliphatic carbocycles. The highest BCUT2D eigenvalue weighted by molar-refractivity contribution is 7.80. The summed E-state index contributed by atoms with van der Waals surface area (Å²) in [6.07, 6.45) is 3.06. The smallest absolute Gasteiger partial charge is 0.274 e. The third kappa shape index (κ3) is 5.34. The fourth-order valence-corrected chi connectivity index (χ4v) is 2.88. The molecule has 1 aromatic carbocycles. The zero-order valence-electron chi connectivity index (χ0n) is 16.1. The Bertz CT molecular complexity index is 1050. The molecule has 10 heteroatoms. The number of amides is 1. The number of hydrogen-bond acceptors (Lipinski definition) is 6. The lowest BCUT2D eigenvalue weighted by Crippen LogP contribution is -2.20. The number of carbonyl (C=O) groups excluding carboxylic acids is 1. The van der Waals surface area contributed by atoms with Crippen LogP contribution in [0.5, 0.6) is 11.5 Å². The fraction of sp³-hybridized carbons (Fsp3) is 0.100. The number of nitrogens with one attached hydrogen (secondary N) is 3. The largest absolute Gasteiger partial charge is 0.497 e. The predicted molar refractivity (Wildman–Crippen MR) is 121 cm³/mol. The first-order valence-corrected chi connectivity index (χ1v) is 9.46. The second-order valence-electron chi connectivity index (χ2n) is 5.87. The number of thiocarbonyl (C=S) groups is 1. The fourth-order valence-electron chi connectivity index (χ4n) is 2.43. The molecular formula is C20H18ClN5O3S. The van der Waals surface area contributed by atoms with Gasteiger partial charge in [0, 0.05) is 18.3 Å². The van der Waals surface area contributed by atoms with Gasteiger partial charge in [0.15, 0.2) is 5.11 Å². The van der Waals surface area contributed by atoms with Gasteiger partial charge >= 0.3 is 0 Å². The molecule has 2 aromatic heterocycles. The molecule has 0 unspecified atom stereocenters. The molecule has 3 N–H and O–H groups in total. The number of aromatic nitrogens is 2. The minimum absolute atomic E-state index is 0.268. The first-order chi connectivity index (χ1) is 14.5. The molecule has 0 bridgehead atoms. The van der Waals surface area contributed by atoms with Crippen molar-refractivity contribution < 1.29 is 14.3 Å². The third-order valence-electron chi connectivity index (χ3n) is 3.88. The SMILES string of the molecule is COc1cc(NC(=S)Nc2ccc(NC(=O)c3ccccn3)cn2)c(Cl)c(OC)c1. The highest BCUT2D eigenvalue weighted by Crippen LogP contribution is 2.36. The maximum atomic E-state index is 12.1. The maximum absolute atomic E-state index is 12.1. The molecule has 0 radical (unpaired) electrons. The Morgan fingerprint density at radius 1 is 1.03 bits per heavy atom. The van der Waals surface area contributed by atoms with Gasteiger partial charge in [-0.1, -0.05) is 17.7 Å². The van der Waals surface area contributed by atoms with Crippen molar-refractivity contribution in [3.05, 3.63) is 65.6 Å². The quantitative estimate of drug-likeness (QED) is 0.487. The molecule has 3 rings (SSSR count). The van der Waals surface area contributed by atoms with E-state index in [0.29, 0.717) is 39.4 Å². The standard InChI is InChI=1S/C20H18ClN5O3S/c1-28-13-9-15(18(21)16(10-13)29-2)25-20(30)26-17-7-6-12(11-23-17)24-19(27)14-5-3-4-8-22-14/h3-11H,1-2H3,(H,24,27)(H2,23,25,26,30). The van der Waals surface area contributed by atoms with Gasteiger partial charge in [-0.05, 0) is 36.5 Å². The summed E-state index contributed by atoms with van der Waals surface area (Å²) >= 11 is 11.6. The van der Waals surface area contributed by atoms with Gasteiger partial charge in [0.25, 0.3) is 5.91 Å². The molecule has 1 amide bonds. The topological polar surface area (TPSA) is 97.4 Å². The van der Waals surface area contributed by atoms with Gasteiger partial charge in [0.05, 0.1) is 31.8 Å². The van der Waals surface area contributed by atoms with Crippen LogP contribution in [-0.4, -0.2) is 35.2 Å². The van der Waals surface area contributed by atoms with E-state index in [0.717, 1.165) is 0 Å². The highest BCUT2D eigenvalue weighted by atomic mass is 35.5. The van der Waals surface area contributed by atoms with E-state index in [2.05, 4.69) is 25.9 Å². The van der Waals surface area contributed by atoms with Gasteiger partial charge in [-0.25, -0.2) is 4.98 Å². The van der Waals surface area contributed by atoms with Crippen molar-refractivity contribution in [2.45, 2.75) is 0 Å². The van der Waals surface area contributed by atoms with E-state index >= 15 is 0 Å². The van der Waals surface area contributed by atoms with E-state index in [-0.39, 0.29) is 11.0 Å². The Kier molecular flexibility index (Phi) is 6.99. The number of anilines is 3. The molecule has 30 heavy (non-hydrogen) atoms. The Labute approximate surface area is 183 Å². The molecule has 0 fully saturated rings. The van der Waals surface area contributed by atoms with E-state index in [1.165, 1.54) is 13.3 Å². The summed E-state index contributed by atoms with van der Waals surface area (Å²) in [5.74, 6) is 1.17. The van der Waals surface area contributed by atoms with E-state index in [4.69, 9.17) is 33.3 Å². The van der Waals surface area contributed by atoms with Gasteiger partial charge < -0.3 is 25.4 Å². The molecule has 8 nitrogen and oxygen atoms in total. The second kappa shape index (κ2) is 9.86. The van der Waals surface area contributed by atoms with E-state index < -0.39 is 0 Å². The van der Waals surface area contributed by atoms with E-state index in [9.17, 15) is 4.79 Å². The van der Waals surface area contributed by atoms with Gasteiger partial charge in [-0.15, -0.1) is 0 Å². The Hall–Kier alpha value is -3.43. The van der Waals surface area contributed by atoms with Crippen LogP contribution in [0.15, 0.2) is 54.9 Å². The third-order valence-corrected chi connectivity index (χ3v) is 4.47. The average molecular weight is 444 g/mol. The van der Waals surface area contributed by atoms with Crippen molar-refractivity contribution >= 4 is 52.0 Å². The van der Waals surface area contributed by atoms with Crippen molar-refractivity contribution in [1.82, 2.24) is 9.97 Å². The predicted octanol–water partition coefficient (Wildman–Crippen LogP) is 4.21. The van der Waals surface area contributed by atoms with Crippen LogP contribution in [-0.2, 0) is 0 Å². The molecule has 0 atom stereocenters. The number of benzene rings is 1. The van der Waals surface area contributed by atoms with Crippen LogP contribution in [0.25, 0.3) is 0 Å². The number of ether oxygens (including phenoxy) is 2. The second-order valence-corrected chi connectivity index (χ2v) is 6.66. The minimum atomic E-state index is -0.322. The first-order valence-electron chi connectivity index (χ1n) is 8.68. The van der Waals surface area contributed by atoms with Crippen LogP contribution in [0.4, 0.5) is 17.2 Å². The lowest BCUT2D eigenvalue weighted by molar-refractivity contribution is 0.102. The highest BCUT2D eigenvalue weighted by Gasteiger charge is 2.12. The zero-order chi connectivity index (χ0) is 21.5. The Balaban J connectivity index is 1.63. The van der Waals surface area contributed by atoms with Gasteiger partial charge in [0.2, 0.25) is 0 Å². The molecule has 0 aliphatic rings. The van der Waals surface area contributed by atoms with Crippen LogP contribution in [0.1, 0.15) is 10.5 Å². The van der Waals surface area contributed by atoms with Crippen LogP contribution in [0, 0.1) is 0 Å². The summed E-state index contributed by atoms with van der Waals surface area (Å²) < 4.78 is 10.5. The summed E-state index contributed by atoms with van der Waals surface area (Å²) in [6, 6.07) is 11.8. The molecule has 0 saturated carbocycles. The molecule has 2 heterocycles. The van der Waals surface area contributed by atoms with Gasteiger partial charge in [0.1, 0.15) is 28.0 Å². The number of hydrogen-bond donors (Lipinski definition) is 3. The molecule has 0 saturated heterocycles. The summed E-state index contributed by atoms with van der Waals surface area (Å²) in [5, 5.41) is 9.29. The molecular weight excluding hydrogens is 426 g/mol. The molecule has 0 spiro atoms. The normalized spacial score (nSPS) is 10.1. The molecule has 154 valence electrons. The summed E-state index contributed by atoms with van der Waals surface area (Å²) in [6.45, 7) is 0. The average Bonchev–Trinajstić information content (AvgIpc) is 2.77. The van der Waals surface area contributed by atoms with E-state index in [1.807, 2.05) is 0 Å². The van der Waals surface area contributed by atoms with Crippen LogP contribution in [0.2, 0.25) is 5.02 Å². The van der Waals surface area contributed by atoms with Crippen LogP contribution >= 0.6 is 23.8 Å². The van der Waals surface area contributed by atoms with Crippen molar-refractivity contribution in [3.8, 4) is 11.5 Å². The number of nitrogens with zero attached hydrogens (tertiary/aromatic N) is 2. The number of methoxy groups -OCH3 is 2. The summed E-state index contributed by atoms with van der Waals surface area (Å²) in [4.78, 5) is 20.4. The minimum Gasteiger partial charge on any atom is -0.497 e. The van der Waals surface area contributed by atoms with Crippen LogP contribution < -0.4 is 25.4 Å². The number of rotatable bonds is 6.